The van der Waals surface area contributed by atoms with Gasteiger partial charge in [-0.15, -0.1) is 0 Å². The fraction of sp³-hybridized carbons (Fsp3) is 0.550. The molecule has 1 saturated heterocycles. The lowest BCUT2D eigenvalue weighted by molar-refractivity contribution is -0.175. The lowest BCUT2D eigenvalue weighted by Gasteiger charge is -2.40. The van der Waals surface area contributed by atoms with Crippen LogP contribution in [0.4, 0.5) is 0 Å². The summed E-state index contributed by atoms with van der Waals surface area (Å²) in [5.41, 5.74) is -0.113. The Hall–Kier alpha value is -2.37. The van der Waals surface area contributed by atoms with E-state index in [2.05, 4.69) is 0 Å². The number of β-lactam (4-membered cyclic amide) rings is 1. The Morgan fingerprint density at radius 2 is 1.85 bits per heavy atom. The van der Waals surface area contributed by atoms with Crippen LogP contribution in [0.5, 0.6) is 0 Å². The third kappa shape index (κ3) is 5.31. The SMILES string of the molecule is CC(C)C(C(=O)OC(C)(C)CC(=O)OCc1ccccc1)N1CCC1=O. The molecule has 0 saturated carbocycles. The first kappa shape index (κ1) is 19.9. The largest absolute Gasteiger partial charge is 0.461 e. The minimum atomic E-state index is -1.01. The van der Waals surface area contributed by atoms with Crippen LogP contribution in [0.15, 0.2) is 30.3 Å². The molecule has 1 aliphatic heterocycles. The zero-order valence-corrected chi connectivity index (χ0v) is 15.9. The van der Waals surface area contributed by atoms with E-state index in [1.165, 1.54) is 4.90 Å². The summed E-state index contributed by atoms with van der Waals surface area (Å²) in [6.45, 7) is 7.84. The van der Waals surface area contributed by atoms with Gasteiger partial charge in [0.1, 0.15) is 18.2 Å². The van der Waals surface area contributed by atoms with Crippen molar-refractivity contribution in [2.75, 3.05) is 6.54 Å². The molecule has 0 N–H and O–H groups in total. The minimum absolute atomic E-state index is 0.0410. The molecule has 6 heteroatoms. The molecular weight excluding hydrogens is 334 g/mol. The average molecular weight is 361 g/mol. The molecule has 26 heavy (non-hydrogen) atoms. The molecule has 1 fully saturated rings. The highest BCUT2D eigenvalue weighted by Gasteiger charge is 2.40. The first-order chi connectivity index (χ1) is 12.2. The molecule has 0 aromatic heterocycles. The third-order valence-corrected chi connectivity index (χ3v) is 4.29. The molecule has 1 amide bonds. The second-order valence-corrected chi connectivity index (χ2v) is 7.53. The van der Waals surface area contributed by atoms with Crippen molar-refractivity contribution in [1.29, 1.82) is 0 Å². The van der Waals surface area contributed by atoms with Gasteiger partial charge in [-0.25, -0.2) is 4.79 Å². The van der Waals surface area contributed by atoms with Gasteiger partial charge in [0.25, 0.3) is 0 Å². The highest BCUT2D eigenvalue weighted by molar-refractivity contribution is 5.88. The van der Waals surface area contributed by atoms with Crippen molar-refractivity contribution in [2.24, 2.45) is 5.92 Å². The molecule has 1 aromatic carbocycles. The van der Waals surface area contributed by atoms with Gasteiger partial charge in [0.05, 0.1) is 6.42 Å². The maximum Gasteiger partial charge on any atom is 0.329 e. The molecule has 1 atom stereocenters. The first-order valence-electron chi connectivity index (χ1n) is 8.91. The van der Waals surface area contributed by atoms with Crippen LogP contribution in [0.2, 0.25) is 0 Å². The topological polar surface area (TPSA) is 72.9 Å². The van der Waals surface area contributed by atoms with Crippen molar-refractivity contribution in [1.82, 2.24) is 4.90 Å². The maximum atomic E-state index is 12.6. The summed E-state index contributed by atoms with van der Waals surface area (Å²) >= 11 is 0. The van der Waals surface area contributed by atoms with Gasteiger partial charge in [0, 0.05) is 13.0 Å². The van der Waals surface area contributed by atoms with Gasteiger partial charge in [-0.1, -0.05) is 44.2 Å². The third-order valence-electron chi connectivity index (χ3n) is 4.29. The number of ether oxygens (including phenoxy) is 2. The van der Waals surface area contributed by atoms with E-state index in [9.17, 15) is 14.4 Å². The van der Waals surface area contributed by atoms with Crippen LogP contribution in [0.25, 0.3) is 0 Å². The molecule has 0 radical (unpaired) electrons. The van der Waals surface area contributed by atoms with Crippen molar-refractivity contribution < 1.29 is 23.9 Å². The van der Waals surface area contributed by atoms with Crippen LogP contribution in [0, 0.1) is 5.92 Å². The lowest BCUT2D eigenvalue weighted by Crippen LogP contribution is -2.56. The van der Waals surface area contributed by atoms with Gasteiger partial charge >= 0.3 is 11.9 Å². The van der Waals surface area contributed by atoms with Crippen LogP contribution in [0.3, 0.4) is 0 Å². The van der Waals surface area contributed by atoms with Crippen LogP contribution in [-0.2, 0) is 30.5 Å². The van der Waals surface area contributed by atoms with Gasteiger partial charge in [0.2, 0.25) is 5.91 Å². The predicted molar refractivity (Wildman–Crippen MR) is 96.0 cm³/mol. The highest BCUT2D eigenvalue weighted by atomic mass is 16.6. The number of hydrogen-bond donors (Lipinski definition) is 0. The van der Waals surface area contributed by atoms with Gasteiger partial charge in [-0.2, -0.15) is 0 Å². The second kappa shape index (κ2) is 8.34. The fourth-order valence-corrected chi connectivity index (χ4v) is 2.89. The number of hydrogen-bond acceptors (Lipinski definition) is 5. The molecule has 1 aromatic rings. The Morgan fingerprint density at radius 1 is 1.19 bits per heavy atom. The van der Waals surface area contributed by atoms with E-state index in [4.69, 9.17) is 9.47 Å². The lowest BCUT2D eigenvalue weighted by atomic mass is 9.98. The Labute approximate surface area is 154 Å². The summed E-state index contributed by atoms with van der Waals surface area (Å²) in [4.78, 5) is 37.9. The average Bonchev–Trinajstić information content (AvgIpc) is 2.55. The standard InChI is InChI=1S/C20H27NO5/c1-14(2)18(21-11-10-16(21)22)19(24)26-20(3,4)12-17(23)25-13-15-8-6-5-7-9-15/h5-9,14,18H,10-13H2,1-4H3. The molecule has 0 bridgehead atoms. The number of nitrogens with zero attached hydrogens (tertiary/aromatic N) is 1. The van der Waals surface area contributed by atoms with Gasteiger partial charge in [0.15, 0.2) is 0 Å². The van der Waals surface area contributed by atoms with Crippen molar-refractivity contribution in [3.63, 3.8) is 0 Å². The summed E-state index contributed by atoms with van der Waals surface area (Å²) in [5, 5.41) is 0. The Balaban J connectivity index is 1.88. The minimum Gasteiger partial charge on any atom is -0.461 e. The molecule has 6 nitrogen and oxygen atoms in total. The highest BCUT2D eigenvalue weighted by Crippen LogP contribution is 2.24. The Kier molecular flexibility index (Phi) is 6.40. The quantitative estimate of drug-likeness (QED) is 0.526. The number of esters is 2. The second-order valence-electron chi connectivity index (χ2n) is 7.53. The molecule has 1 aliphatic rings. The monoisotopic (exact) mass is 361 g/mol. The Bertz CT molecular complexity index is 653. The van der Waals surface area contributed by atoms with E-state index >= 15 is 0 Å². The van der Waals surface area contributed by atoms with Crippen LogP contribution in [0.1, 0.15) is 46.1 Å². The normalized spacial score (nSPS) is 15.4. The number of likely N-dealkylation sites (tertiary alicyclic amines) is 1. The number of carbonyl (C=O) groups is 3. The van der Waals surface area contributed by atoms with Crippen molar-refractivity contribution >= 4 is 17.8 Å². The van der Waals surface area contributed by atoms with E-state index in [0.29, 0.717) is 13.0 Å². The summed E-state index contributed by atoms with van der Waals surface area (Å²) in [6, 6.07) is 8.76. The number of rotatable bonds is 8. The van der Waals surface area contributed by atoms with E-state index < -0.39 is 23.6 Å². The van der Waals surface area contributed by atoms with E-state index in [-0.39, 0.29) is 24.9 Å². The predicted octanol–water partition coefficient (Wildman–Crippen LogP) is 2.70. The Morgan fingerprint density at radius 3 is 2.35 bits per heavy atom. The number of amides is 1. The maximum absolute atomic E-state index is 12.6. The zero-order valence-electron chi connectivity index (χ0n) is 15.9. The van der Waals surface area contributed by atoms with Crippen LogP contribution < -0.4 is 0 Å². The van der Waals surface area contributed by atoms with Crippen molar-refractivity contribution in [3.8, 4) is 0 Å². The number of benzene rings is 1. The van der Waals surface area contributed by atoms with Crippen molar-refractivity contribution in [2.45, 2.75) is 58.8 Å². The molecule has 1 unspecified atom stereocenters. The molecule has 142 valence electrons. The fourth-order valence-electron chi connectivity index (χ4n) is 2.89. The summed E-state index contributed by atoms with van der Waals surface area (Å²) in [6.07, 6.45) is 0.413. The molecule has 0 aliphatic carbocycles. The van der Waals surface area contributed by atoms with E-state index in [1.54, 1.807) is 13.8 Å². The van der Waals surface area contributed by atoms with Gasteiger partial charge in [-0.05, 0) is 25.3 Å². The summed E-state index contributed by atoms with van der Waals surface area (Å²) < 4.78 is 10.8. The molecule has 1 heterocycles. The zero-order chi connectivity index (χ0) is 19.3. The van der Waals surface area contributed by atoms with Gasteiger partial charge < -0.3 is 14.4 Å². The summed E-state index contributed by atoms with van der Waals surface area (Å²) in [7, 11) is 0. The summed E-state index contributed by atoms with van der Waals surface area (Å²) in [5.74, 6) is -1.02. The first-order valence-corrected chi connectivity index (χ1v) is 8.91. The molecular formula is C20H27NO5. The molecule has 0 spiro atoms. The van der Waals surface area contributed by atoms with Crippen LogP contribution >= 0.6 is 0 Å². The van der Waals surface area contributed by atoms with E-state index in [0.717, 1.165) is 5.56 Å². The van der Waals surface area contributed by atoms with Crippen LogP contribution in [-0.4, -0.2) is 40.9 Å². The molecule has 2 rings (SSSR count). The van der Waals surface area contributed by atoms with Crippen molar-refractivity contribution in [3.05, 3.63) is 35.9 Å². The van der Waals surface area contributed by atoms with E-state index in [1.807, 2.05) is 44.2 Å². The van der Waals surface area contributed by atoms with Gasteiger partial charge in [-0.3, -0.25) is 9.59 Å². The smallest absolute Gasteiger partial charge is 0.329 e. The number of carbonyl (C=O) groups excluding carboxylic acids is 3.